The van der Waals surface area contributed by atoms with Crippen LogP contribution in [-0.4, -0.2) is 109 Å². The third-order valence-corrected chi connectivity index (χ3v) is 22.6. The minimum atomic E-state index is -0.727. The van der Waals surface area contributed by atoms with Crippen LogP contribution in [0.1, 0.15) is 154 Å². The SMILES string of the molecule is C.C.CCOC(=O)c1ccc(-n2cc3cc(Br)ccc3n2)c(F)c1.CCOC(=O)c1ccc(-n2cc3cc(Cc4ccccc4)ccc3n2)c(F)c1.CCOC(=O)c1ccc(N)c(F)c1.CCOC(=O)c1ccc(N=Cc2cc(Br)ccc2[N+](=O)[O-])c(F)c1.Nc1ccc(Br)cc1C=O.O=C(OCc1ccccc1)c1ccc(-n2cc3cc(Cc4ccccc4)ccc3n2)c(F)c1.O=Cc1cccc(Br)c1.[CH2-]c1ccccc1.[Zn+][Br]. The van der Waals surface area contributed by atoms with Crippen molar-refractivity contribution in [3.8, 4) is 17.1 Å². The Balaban J connectivity index is 0.000000217. The normalized spacial score (nSPS) is 10.2. The van der Waals surface area contributed by atoms with Gasteiger partial charge in [-0.15, -0.1) is 12.1 Å². The average Bonchev–Trinajstić information content (AvgIpc) is 1.66. The quantitative estimate of drug-likeness (QED) is 0.00574. The van der Waals surface area contributed by atoms with Crippen molar-refractivity contribution in [3.63, 3.8) is 0 Å². The van der Waals surface area contributed by atoms with Crippen LogP contribution in [0.4, 0.5) is 44.7 Å². The average molecular weight is 2410 g/mol. The number of esters is 5. The number of fused-ring (bicyclic) bond motifs is 3. The molecule has 4 N–H and O–H groups in total. The summed E-state index contributed by atoms with van der Waals surface area (Å²) in [5.41, 5.74) is 23.1. The molecular formula is C115H100Br5F5N10O14Zn. The van der Waals surface area contributed by atoms with E-state index in [2.05, 4.69) is 146 Å². The van der Waals surface area contributed by atoms with Gasteiger partial charge in [0.2, 0.25) is 0 Å². The van der Waals surface area contributed by atoms with Crippen LogP contribution in [0.5, 0.6) is 0 Å². The van der Waals surface area contributed by atoms with Gasteiger partial charge < -0.3 is 35.2 Å². The first-order valence-electron chi connectivity index (χ1n) is 45.1. The Bertz CT molecular complexity index is 7650. The molecule has 3 aromatic heterocycles. The summed E-state index contributed by atoms with van der Waals surface area (Å²) in [6, 6.07) is 94.5. The molecule has 18 rings (SSSR count). The number of nitrogens with zero attached hydrogens (tertiary/aromatic N) is 8. The van der Waals surface area contributed by atoms with Gasteiger partial charge in [-0.2, -0.15) is 39.9 Å². The summed E-state index contributed by atoms with van der Waals surface area (Å²) in [6.45, 7) is 11.6. The van der Waals surface area contributed by atoms with Crippen LogP contribution in [0.15, 0.2) is 369 Å². The molecule has 0 fully saturated rings. The van der Waals surface area contributed by atoms with Gasteiger partial charge in [0, 0.05) is 81.7 Å². The molecule has 0 aliphatic rings. The molecule has 0 saturated heterocycles. The molecule has 35 heteroatoms. The van der Waals surface area contributed by atoms with Gasteiger partial charge in [0.25, 0.3) is 5.69 Å². The number of benzene rings is 15. The zero-order valence-electron chi connectivity index (χ0n) is 79.7. The number of ether oxygens (including phenoxy) is 5. The Morgan fingerprint density at radius 2 is 0.733 bits per heavy atom. The van der Waals surface area contributed by atoms with Crippen LogP contribution in [0, 0.1) is 46.1 Å². The first-order valence-corrected chi connectivity index (χ1v) is 55.2. The first-order chi connectivity index (χ1) is 71.4. The number of rotatable bonds is 23. The Hall–Kier alpha value is -15.4. The molecule has 0 atom stereocenters. The number of anilines is 2. The summed E-state index contributed by atoms with van der Waals surface area (Å²) < 4.78 is 103. The summed E-state index contributed by atoms with van der Waals surface area (Å²) in [7, 11) is 0. The topological polar surface area (TPSA) is 327 Å². The summed E-state index contributed by atoms with van der Waals surface area (Å²) in [4.78, 5) is 93.1. The zero-order chi connectivity index (χ0) is 107. The van der Waals surface area contributed by atoms with E-state index in [1.165, 1.54) is 114 Å². The summed E-state index contributed by atoms with van der Waals surface area (Å²) in [5.74, 6) is -5.75. The van der Waals surface area contributed by atoms with Crippen molar-refractivity contribution in [2.45, 2.75) is 62.0 Å². The van der Waals surface area contributed by atoms with Crippen molar-refractivity contribution in [1.29, 1.82) is 0 Å². The van der Waals surface area contributed by atoms with Crippen LogP contribution < -0.4 is 11.5 Å². The molecule has 150 heavy (non-hydrogen) atoms. The molecule has 766 valence electrons. The number of carbonyl (C=O) groups excluding carboxylic acids is 7. The van der Waals surface area contributed by atoms with Crippen LogP contribution in [0.3, 0.4) is 0 Å². The number of hydrogen-bond donors (Lipinski definition) is 2. The third kappa shape index (κ3) is 36.6. The van der Waals surface area contributed by atoms with Crippen LogP contribution >= 0.6 is 77.3 Å². The van der Waals surface area contributed by atoms with Gasteiger partial charge in [-0.05, 0) is 244 Å². The number of hydrogen-bond acceptors (Lipinski definition) is 20. The van der Waals surface area contributed by atoms with E-state index in [4.69, 9.17) is 30.4 Å². The first kappa shape index (κ1) is 120. The van der Waals surface area contributed by atoms with Crippen molar-refractivity contribution < 1.29 is 100 Å². The van der Waals surface area contributed by atoms with Gasteiger partial charge in [-0.25, -0.2) is 60.0 Å². The van der Waals surface area contributed by atoms with E-state index in [1.54, 1.807) is 101 Å². The summed E-state index contributed by atoms with van der Waals surface area (Å²) >= 11 is 17.3. The Morgan fingerprint density at radius 1 is 0.380 bits per heavy atom. The number of nitrogen functional groups attached to an aromatic ring is 2. The predicted molar refractivity (Wildman–Crippen MR) is 591 cm³/mol. The Kier molecular flexibility index (Phi) is 49.1. The predicted octanol–water partition coefficient (Wildman–Crippen LogP) is 29.2. The number of nitro benzene ring substituents is 1. The van der Waals surface area contributed by atoms with Crippen LogP contribution in [0.2, 0.25) is 0 Å². The molecule has 0 spiro atoms. The number of carbonyl (C=O) groups is 7. The zero-order valence-corrected chi connectivity index (χ0v) is 90.6. The molecule has 18 aromatic rings. The van der Waals surface area contributed by atoms with Crippen LogP contribution in [-0.2, 0) is 59.5 Å². The number of nitro groups is 1. The molecule has 15 aromatic carbocycles. The maximum atomic E-state index is 14.9. The number of aliphatic imine (C=N–C) groups is 1. The molecule has 0 aliphatic carbocycles. The molecule has 24 nitrogen and oxygen atoms in total. The number of aromatic nitrogens is 6. The second-order valence-corrected chi connectivity index (χ2v) is 34.8. The third-order valence-electron chi connectivity index (χ3n) is 20.7. The van der Waals surface area contributed by atoms with Crippen molar-refractivity contribution in [1.82, 2.24) is 29.3 Å². The fourth-order valence-corrected chi connectivity index (χ4v) is 15.1. The van der Waals surface area contributed by atoms with Gasteiger partial charge in [0.15, 0.2) is 6.29 Å². The van der Waals surface area contributed by atoms with Crippen LogP contribution in [0.25, 0.3) is 49.8 Å². The van der Waals surface area contributed by atoms with Crippen molar-refractivity contribution in [3.05, 3.63) is 488 Å². The van der Waals surface area contributed by atoms with Gasteiger partial charge in [0.1, 0.15) is 59.0 Å². The minimum absolute atomic E-state index is 0. The second-order valence-electron chi connectivity index (χ2n) is 31.1. The molecule has 0 bridgehead atoms. The van der Waals surface area contributed by atoms with E-state index < -0.39 is 63.9 Å². The fourth-order valence-electron chi connectivity index (χ4n) is 13.6. The van der Waals surface area contributed by atoms with E-state index in [9.17, 15) is 65.6 Å². The second kappa shape index (κ2) is 61.4. The molecule has 3 heterocycles. The molecule has 0 amide bonds. The monoisotopic (exact) mass is 2400 g/mol. The van der Waals surface area contributed by atoms with Gasteiger partial charge in [0.05, 0.1) is 92.7 Å². The van der Waals surface area contributed by atoms with E-state index in [-0.39, 0.29) is 115 Å². The van der Waals surface area contributed by atoms with E-state index >= 15 is 0 Å². The van der Waals surface area contributed by atoms with E-state index in [1.807, 2.05) is 152 Å². The van der Waals surface area contributed by atoms with E-state index in [0.717, 1.165) is 112 Å². The van der Waals surface area contributed by atoms with Crippen molar-refractivity contribution in [2.75, 3.05) is 37.9 Å². The number of nitrogens with two attached hydrogens (primary N) is 2. The molecular weight excluding hydrogens is 2310 g/mol. The standard InChI is InChI=1S/C28H21FN2O2.C23H19FN2O2.C16H12BrFN2O4.C16H12BrFN2O2.C9H10FNO2.C7H6BrNO.C7H5BrO.C7H7.2CH4.BrH.Zn/c29-25-17-23(28(32)33-19-21-9-5-2-6-10-21)12-14-27(25)31-18-24-16-22(11-13-26(24)30-31)15-20-7-3-1-4-8-20;1-2-28-23(27)18-9-11-22(20(24)14-18)26-15-19-13-17(8-10-21(19)25-26)12-16-6-4-3-5-7-16;1-2-24-16(21)10-3-5-14(13(18)8-10)19-9-11-7-12(17)4-6-15(11)20(22)23;1-2-22-16(21)10-3-6-15(13(18)8-10)20-9-11-7-12(17)4-5-14(11)19-20;1-2-13-9(12)6-3-4-8(11)7(10)5-6;8-6-1-2-7(9)5(3-6)4-10;8-7-3-1-2-6(4-7)5-9;1-7-5-3-2-4-6-7;;;;/h1-14,16-18H,15,19H2;3-11,13-15H,2,12H2,1H3;3-9H,2H2,1H3;3-9H,2H2,1H3;3-5H,2,11H2,1H3;1-4H,9H2;1-5H;2-6H,1H2;2*1H4;1H;/q;;;;;;;-1;;;;+2/p-1. The fraction of sp³-hybridized carbons (Fsp3) is 0.113. The number of aldehydes is 2. The van der Waals surface area contributed by atoms with Gasteiger partial charge in [-0.1, -0.05) is 200 Å². The summed E-state index contributed by atoms with van der Waals surface area (Å²) in [5, 5.41) is 27.0. The molecule has 0 radical (unpaired) electrons. The Morgan fingerprint density at radius 3 is 1.11 bits per heavy atom. The van der Waals surface area contributed by atoms with Gasteiger partial charge >= 0.3 is 59.8 Å². The summed E-state index contributed by atoms with van der Waals surface area (Å²) in [6.07, 6.45) is 9.74. The van der Waals surface area contributed by atoms with Gasteiger partial charge in [-0.3, -0.25) is 24.7 Å². The molecule has 0 saturated carbocycles. The number of halogens is 10. The van der Waals surface area contributed by atoms with Crippen molar-refractivity contribution in [2.24, 2.45) is 4.99 Å². The molecule has 0 aliphatic heterocycles. The van der Waals surface area contributed by atoms with E-state index in [0.29, 0.717) is 21.3 Å². The Labute approximate surface area is 913 Å². The maximum absolute atomic E-state index is 14.9. The van der Waals surface area contributed by atoms with Crippen molar-refractivity contribution >= 4 is 181 Å². The molecule has 0 unspecified atom stereocenters.